The van der Waals surface area contributed by atoms with Gasteiger partial charge < -0.3 is 11.1 Å². The van der Waals surface area contributed by atoms with E-state index in [9.17, 15) is 4.79 Å². The third-order valence-corrected chi connectivity index (χ3v) is 3.32. The zero-order chi connectivity index (χ0) is 11.3. The average molecular weight is 226 g/mol. The van der Waals surface area contributed by atoms with Crippen molar-refractivity contribution >= 4 is 17.7 Å². The summed E-state index contributed by atoms with van der Waals surface area (Å²) < 4.78 is 0. The van der Waals surface area contributed by atoms with Crippen molar-refractivity contribution in [2.45, 2.75) is 17.6 Å². The van der Waals surface area contributed by atoms with Gasteiger partial charge in [0.1, 0.15) is 5.54 Å². The first kappa shape index (κ1) is 11.9. The molecule has 1 heterocycles. The summed E-state index contributed by atoms with van der Waals surface area (Å²) in [4.78, 5) is 19.3. The minimum Gasteiger partial charge on any atom is -0.368 e. The van der Waals surface area contributed by atoms with Crippen LogP contribution in [0.1, 0.15) is 6.92 Å². The predicted octanol–water partition coefficient (Wildman–Crippen LogP) is 0.0321. The molecule has 0 saturated heterocycles. The summed E-state index contributed by atoms with van der Waals surface area (Å²) >= 11 is 1.39. The smallest absolute Gasteiger partial charge is 0.238 e. The number of nitrogens with one attached hydrogen (secondary N) is 1. The number of carbonyl (C=O) groups excluding carboxylic acids is 1. The molecule has 0 aliphatic carbocycles. The van der Waals surface area contributed by atoms with Crippen LogP contribution in [0, 0.1) is 0 Å². The molecule has 0 spiro atoms. The van der Waals surface area contributed by atoms with E-state index in [2.05, 4.69) is 15.3 Å². The molecule has 0 radical (unpaired) electrons. The fraction of sp³-hybridized carbons (Fsp3) is 0.444. The fourth-order valence-electron chi connectivity index (χ4n) is 0.835. The standard InChI is InChI=1S/C9H14N4OS/c1-9(11-2,7(10)14)6-15-8-12-4-3-5-13-8/h3-5,11H,6H2,1-2H3,(H2,10,14). The van der Waals surface area contributed by atoms with E-state index in [1.807, 2.05) is 0 Å². The van der Waals surface area contributed by atoms with Crippen LogP contribution in [0.5, 0.6) is 0 Å². The Hall–Kier alpha value is -1.14. The van der Waals surface area contributed by atoms with E-state index in [0.29, 0.717) is 10.9 Å². The lowest BCUT2D eigenvalue weighted by atomic mass is 10.1. The maximum atomic E-state index is 11.2. The van der Waals surface area contributed by atoms with Crippen LogP contribution >= 0.6 is 11.8 Å². The maximum Gasteiger partial charge on any atom is 0.238 e. The number of carbonyl (C=O) groups is 1. The second-order valence-electron chi connectivity index (χ2n) is 3.27. The van der Waals surface area contributed by atoms with Crippen LogP contribution in [0.25, 0.3) is 0 Å². The molecule has 0 fully saturated rings. The summed E-state index contributed by atoms with van der Waals surface area (Å²) in [6.07, 6.45) is 3.33. The van der Waals surface area contributed by atoms with Gasteiger partial charge >= 0.3 is 0 Å². The summed E-state index contributed by atoms with van der Waals surface area (Å²) in [6.45, 7) is 1.76. The first-order chi connectivity index (χ1) is 7.08. The number of nitrogens with zero attached hydrogens (tertiary/aromatic N) is 2. The van der Waals surface area contributed by atoms with Crippen LogP contribution in [-0.2, 0) is 4.79 Å². The molecule has 0 bridgehead atoms. The number of thioether (sulfide) groups is 1. The van der Waals surface area contributed by atoms with Crippen molar-refractivity contribution in [2.24, 2.45) is 5.73 Å². The molecule has 15 heavy (non-hydrogen) atoms. The molecule has 1 rings (SSSR count). The van der Waals surface area contributed by atoms with Gasteiger partial charge in [-0.05, 0) is 20.0 Å². The van der Waals surface area contributed by atoms with E-state index in [1.54, 1.807) is 32.4 Å². The number of aromatic nitrogens is 2. The van der Waals surface area contributed by atoms with Crippen LogP contribution < -0.4 is 11.1 Å². The third-order valence-electron chi connectivity index (χ3n) is 2.13. The van der Waals surface area contributed by atoms with Crippen molar-refractivity contribution in [2.75, 3.05) is 12.8 Å². The summed E-state index contributed by atoms with van der Waals surface area (Å²) in [5, 5.41) is 3.54. The van der Waals surface area contributed by atoms with E-state index in [-0.39, 0.29) is 5.91 Å². The molecule has 1 aromatic heterocycles. The Kier molecular flexibility index (Phi) is 4.05. The van der Waals surface area contributed by atoms with Crippen LogP contribution in [-0.4, -0.2) is 34.2 Å². The summed E-state index contributed by atoms with van der Waals surface area (Å²) in [7, 11) is 1.71. The van der Waals surface area contributed by atoms with Crippen molar-refractivity contribution in [3.63, 3.8) is 0 Å². The molecule has 1 aromatic rings. The molecule has 1 unspecified atom stereocenters. The quantitative estimate of drug-likeness (QED) is 0.547. The number of rotatable bonds is 5. The fourth-order valence-corrected chi connectivity index (χ4v) is 1.81. The predicted molar refractivity (Wildman–Crippen MR) is 59.4 cm³/mol. The number of nitrogens with two attached hydrogens (primary N) is 1. The molecule has 3 N–H and O–H groups in total. The van der Waals surface area contributed by atoms with Crippen molar-refractivity contribution in [3.05, 3.63) is 18.5 Å². The highest BCUT2D eigenvalue weighted by atomic mass is 32.2. The number of hydrogen-bond donors (Lipinski definition) is 2. The molecule has 1 amide bonds. The van der Waals surface area contributed by atoms with E-state index in [4.69, 9.17) is 5.73 Å². The lowest BCUT2D eigenvalue weighted by Crippen LogP contribution is -2.53. The number of hydrogen-bond acceptors (Lipinski definition) is 5. The molecule has 0 aliphatic heterocycles. The monoisotopic (exact) mass is 226 g/mol. The van der Waals surface area contributed by atoms with Crippen molar-refractivity contribution < 1.29 is 4.79 Å². The van der Waals surface area contributed by atoms with E-state index < -0.39 is 5.54 Å². The Labute approximate surface area is 92.9 Å². The Morgan fingerprint density at radius 3 is 2.67 bits per heavy atom. The molecule has 82 valence electrons. The minimum atomic E-state index is -0.732. The average Bonchev–Trinajstić information content (AvgIpc) is 2.27. The Bertz CT molecular complexity index is 332. The van der Waals surface area contributed by atoms with Gasteiger partial charge in [-0.15, -0.1) is 0 Å². The zero-order valence-electron chi connectivity index (χ0n) is 8.73. The van der Waals surface area contributed by atoms with Crippen molar-refractivity contribution in [3.8, 4) is 0 Å². The van der Waals surface area contributed by atoms with Crippen LogP contribution in [0.15, 0.2) is 23.6 Å². The second-order valence-corrected chi connectivity index (χ2v) is 4.21. The van der Waals surface area contributed by atoms with Crippen molar-refractivity contribution in [1.29, 1.82) is 0 Å². The SMILES string of the molecule is CNC(C)(CSc1ncccn1)C(N)=O. The molecular formula is C9H14N4OS. The first-order valence-corrected chi connectivity index (χ1v) is 5.46. The number of amides is 1. The third kappa shape index (κ3) is 3.17. The lowest BCUT2D eigenvalue weighted by Gasteiger charge is -2.24. The second kappa shape index (κ2) is 5.09. The lowest BCUT2D eigenvalue weighted by molar-refractivity contribution is -0.122. The van der Waals surface area contributed by atoms with Gasteiger partial charge in [0.15, 0.2) is 5.16 Å². The van der Waals surface area contributed by atoms with Gasteiger partial charge in [-0.1, -0.05) is 11.8 Å². The summed E-state index contributed by atoms with van der Waals surface area (Å²) in [5.41, 5.74) is 4.56. The first-order valence-electron chi connectivity index (χ1n) is 4.47. The molecular weight excluding hydrogens is 212 g/mol. The largest absolute Gasteiger partial charge is 0.368 e. The van der Waals surface area contributed by atoms with E-state index >= 15 is 0 Å². The Morgan fingerprint density at radius 1 is 1.60 bits per heavy atom. The molecule has 1 atom stereocenters. The Morgan fingerprint density at radius 2 is 2.20 bits per heavy atom. The summed E-state index contributed by atoms with van der Waals surface area (Å²) in [5.74, 6) is 0.122. The van der Waals surface area contributed by atoms with Gasteiger partial charge in [-0.25, -0.2) is 9.97 Å². The highest BCUT2D eigenvalue weighted by Gasteiger charge is 2.29. The highest BCUT2D eigenvalue weighted by Crippen LogP contribution is 2.18. The zero-order valence-corrected chi connectivity index (χ0v) is 9.54. The van der Waals surface area contributed by atoms with Crippen LogP contribution in [0.4, 0.5) is 0 Å². The van der Waals surface area contributed by atoms with Gasteiger partial charge in [-0.3, -0.25) is 4.79 Å². The van der Waals surface area contributed by atoms with Gasteiger partial charge in [0.05, 0.1) is 0 Å². The van der Waals surface area contributed by atoms with Gasteiger partial charge in [0.25, 0.3) is 0 Å². The molecule has 0 aliphatic rings. The van der Waals surface area contributed by atoms with Crippen LogP contribution in [0.3, 0.4) is 0 Å². The van der Waals surface area contributed by atoms with E-state index in [1.165, 1.54) is 11.8 Å². The summed E-state index contributed by atoms with van der Waals surface area (Å²) in [6, 6.07) is 1.75. The van der Waals surface area contributed by atoms with Crippen molar-refractivity contribution in [1.82, 2.24) is 15.3 Å². The molecule has 6 heteroatoms. The highest BCUT2D eigenvalue weighted by molar-refractivity contribution is 7.99. The molecule has 0 saturated carbocycles. The van der Waals surface area contributed by atoms with Gasteiger partial charge in [0, 0.05) is 18.1 Å². The normalized spacial score (nSPS) is 14.5. The number of likely N-dealkylation sites (N-methyl/N-ethyl adjacent to an activating group) is 1. The Balaban J connectivity index is 2.59. The molecule has 5 nitrogen and oxygen atoms in total. The van der Waals surface area contributed by atoms with Gasteiger partial charge in [-0.2, -0.15) is 0 Å². The van der Waals surface area contributed by atoms with E-state index in [0.717, 1.165) is 0 Å². The van der Waals surface area contributed by atoms with Crippen LogP contribution in [0.2, 0.25) is 0 Å². The number of primary amides is 1. The topological polar surface area (TPSA) is 80.9 Å². The maximum absolute atomic E-state index is 11.2. The van der Waals surface area contributed by atoms with Gasteiger partial charge in [0.2, 0.25) is 5.91 Å². The minimum absolute atomic E-state index is 0.381. The molecule has 0 aromatic carbocycles.